The number of rotatable bonds is 3. The number of nitrogens with zero attached hydrogens (tertiary/aromatic N) is 2. The lowest BCUT2D eigenvalue weighted by atomic mass is 10.0. The van der Waals surface area contributed by atoms with Crippen LogP contribution in [0.4, 0.5) is 5.69 Å². The first-order chi connectivity index (χ1) is 12.0. The first-order valence-corrected chi connectivity index (χ1v) is 8.91. The Morgan fingerprint density at radius 3 is 2.80 bits per heavy atom. The fourth-order valence-electron chi connectivity index (χ4n) is 3.60. The van der Waals surface area contributed by atoms with Gasteiger partial charge in [-0.25, -0.2) is 4.90 Å². The molecule has 0 saturated heterocycles. The van der Waals surface area contributed by atoms with Gasteiger partial charge in [-0.05, 0) is 24.4 Å². The molecule has 0 radical (unpaired) electrons. The third-order valence-electron chi connectivity index (χ3n) is 5.06. The van der Waals surface area contributed by atoms with Crippen LogP contribution in [-0.2, 0) is 6.42 Å². The Morgan fingerprint density at radius 1 is 1.28 bits per heavy atom. The number of nitro benzene ring substituents is 1. The van der Waals surface area contributed by atoms with Crippen LogP contribution >= 0.6 is 11.3 Å². The summed E-state index contributed by atoms with van der Waals surface area (Å²) in [5.74, 6) is -0.815. The van der Waals surface area contributed by atoms with Crippen molar-refractivity contribution in [3.63, 3.8) is 0 Å². The number of benzene rings is 1. The second-order valence-electron chi connectivity index (χ2n) is 6.36. The van der Waals surface area contributed by atoms with Gasteiger partial charge in [0.15, 0.2) is 6.67 Å². The molecule has 1 aromatic heterocycles. The predicted octanol–water partition coefficient (Wildman–Crippen LogP) is 1.41. The van der Waals surface area contributed by atoms with E-state index < -0.39 is 10.8 Å². The van der Waals surface area contributed by atoms with Gasteiger partial charge in [-0.1, -0.05) is 0 Å². The molecule has 8 heteroatoms. The number of amides is 2. The van der Waals surface area contributed by atoms with E-state index >= 15 is 0 Å². The molecule has 0 fully saturated rings. The Morgan fingerprint density at radius 2 is 2.04 bits per heavy atom. The van der Waals surface area contributed by atoms with Crippen LogP contribution in [0, 0.1) is 10.1 Å². The van der Waals surface area contributed by atoms with Crippen molar-refractivity contribution in [2.45, 2.75) is 19.4 Å². The molecule has 4 rings (SSSR count). The van der Waals surface area contributed by atoms with Crippen molar-refractivity contribution >= 4 is 28.8 Å². The zero-order chi connectivity index (χ0) is 17.7. The van der Waals surface area contributed by atoms with E-state index in [4.69, 9.17) is 0 Å². The average molecular weight is 358 g/mol. The molecule has 0 aliphatic carbocycles. The van der Waals surface area contributed by atoms with Crippen LogP contribution < -0.4 is 4.90 Å². The molecule has 2 atom stereocenters. The third kappa shape index (κ3) is 2.45. The molecule has 7 nitrogen and oxygen atoms in total. The van der Waals surface area contributed by atoms with Gasteiger partial charge < -0.3 is 4.90 Å². The molecule has 0 saturated carbocycles. The Labute approximate surface area is 147 Å². The molecular weight excluding hydrogens is 342 g/mol. The maximum atomic E-state index is 12.6. The number of thiophene rings is 1. The van der Waals surface area contributed by atoms with Gasteiger partial charge in [-0.15, -0.1) is 11.3 Å². The minimum Gasteiger partial charge on any atom is -0.311 e. The molecule has 1 aromatic carbocycles. The van der Waals surface area contributed by atoms with Crippen LogP contribution in [0.3, 0.4) is 0 Å². The zero-order valence-corrected chi connectivity index (χ0v) is 14.3. The molecule has 128 valence electrons. The van der Waals surface area contributed by atoms with Crippen LogP contribution in [0.15, 0.2) is 29.6 Å². The summed E-state index contributed by atoms with van der Waals surface area (Å²) in [5.41, 5.74) is 1.47. The second kappa shape index (κ2) is 5.75. The van der Waals surface area contributed by atoms with E-state index in [9.17, 15) is 19.7 Å². The highest BCUT2D eigenvalue weighted by Gasteiger charge is 2.40. The molecule has 2 amide bonds. The van der Waals surface area contributed by atoms with E-state index in [1.165, 1.54) is 33.5 Å². The lowest BCUT2D eigenvalue weighted by Crippen LogP contribution is -3.14. The van der Waals surface area contributed by atoms with Gasteiger partial charge in [-0.3, -0.25) is 19.7 Å². The van der Waals surface area contributed by atoms with Crippen LogP contribution in [0.1, 0.15) is 44.1 Å². The van der Waals surface area contributed by atoms with E-state index in [0.29, 0.717) is 0 Å². The van der Waals surface area contributed by atoms with Crippen LogP contribution in [-0.4, -0.2) is 34.9 Å². The molecular formula is C17H16N3O4S+. The summed E-state index contributed by atoms with van der Waals surface area (Å²) in [6, 6.07) is 6.15. The zero-order valence-electron chi connectivity index (χ0n) is 13.5. The molecule has 2 aromatic rings. The summed E-state index contributed by atoms with van der Waals surface area (Å²) in [6.45, 7) is 3.22. The SMILES string of the molecule is C[C@@H]1c2ccsc2CC[NH+]1CN1C(=O)c2ccc([N+](=O)[O-])cc2C1=O. The fourth-order valence-corrected chi connectivity index (χ4v) is 4.58. The number of hydrogen-bond acceptors (Lipinski definition) is 5. The van der Waals surface area contributed by atoms with Crippen LogP contribution in [0.5, 0.6) is 0 Å². The number of quaternary nitrogens is 1. The normalized spacial score (nSPS) is 22.0. The van der Waals surface area contributed by atoms with Gasteiger partial charge in [0.25, 0.3) is 17.5 Å². The summed E-state index contributed by atoms with van der Waals surface area (Å²) >= 11 is 1.74. The number of carbonyl (C=O) groups is 2. The maximum Gasteiger partial charge on any atom is 0.270 e. The first-order valence-electron chi connectivity index (χ1n) is 8.03. The van der Waals surface area contributed by atoms with Gasteiger partial charge in [-0.2, -0.15) is 0 Å². The minimum atomic E-state index is -0.559. The Kier molecular flexibility index (Phi) is 3.66. The van der Waals surface area contributed by atoms with Crippen molar-refractivity contribution in [2.24, 2.45) is 0 Å². The Bertz CT molecular complexity index is 907. The average Bonchev–Trinajstić information content (AvgIpc) is 3.16. The van der Waals surface area contributed by atoms with Crippen molar-refractivity contribution < 1.29 is 19.4 Å². The molecule has 2 aliphatic heterocycles. The number of carbonyl (C=O) groups excluding carboxylic acids is 2. The largest absolute Gasteiger partial charge is 0.311 e. The van der Waals surface area contributed by atoms with Crippen LogP contribution in [0.2, 0.25) is 0 Å². The van der Waals surface area contributed by atoms with Gasteiger partial charge in [0.2, 0.25) is 0 Å². The van der Waals surface area contributed by atoms with Crippen molar-refractivity contribution in [1.82, 2.24) is 4.90 Å². The van der Waals surface area contributed by atoms with Gasteiger partial charge in [0.1, 0.15) is 6.04 Å². The number of hydrogen-bond donors (Lipinski definition) is 1. The third-order valence-corrected chi connectivity index (χ3v) is 6.05. The van der Waals surface area contributed by atoms with E-state index in [1.807, 2.05) is 0 Å². The fraction of sp³-hybridized carbons (Fsp3) is 0.294. The lowest BCUT2D eigenvalue weighted by Gasteiger charge is -2.32. The van der Waals surface area contributed by atoms with Crippen molar-refractivity contribution in [3.8, 4) is 0 Å². The maximum absolute atomic E-state index is 12.6. The minimum absolute atomic E-state index is 0.125. The molecule has 2 aliphatic rings. The number of nitrogens with one attached hydrogen (secondary N) is 1. The number of non-ortho nitro benzene ring substituents is 1. The highest BCUT2D eigenvalue weighted by atomic mass is 32.1. The standard InChI is InChI=1S/C17H15N3O4S/c1-10-12-5-7-25-15(12)4-6-18(10)9-19-16(21)13-3-2-11(20(23)24)8-14(13)17(19)22/h2-3,5,7-8,10H,4,6,9H2,1H3/p+1/t10-/m1/s1. The summed E-state index contributed by atoms with van der Waals surface area (Å²) in [7, 11) is 0. The van der Waals surface area contributed by atoms with Gasteiger partial charge in [0.05, 0.1) is 22.6 Å². The molecule has 3 heterocycles. The predicted molar refractivity (Wildman–Crippen MR) is 90.7 cm³/mol. The van der Waals surface area contributed by atoms with E-state index in [0.717, 1.165) is 17.9 Å². The number of imide groups is 1. The Balaban J connectivity index is 1.59. The summed E-state index contributed by atoms with van der Waals surface area (Å²) in [4.78, 5) is 39.3. The van der Waals surface area contributed by atoms with E-state index in [1.54, 1.807) is 11.3 Å². The highest BCUT2D eigenvalue weighted by molar-refractivity contribution is 7.10. The molecule has 0 bridgehead atoms. The molecule has 1 N–H and O–H groups in total. The molecule has 25 heavy (non-hydrogen) atoms. The summed E-state index contributed by atoms with van der Waals surface area (Å²) in [5, 5.41) is 13.0. The molecule has 0 spiro atoms. The Hall–Kier alpha value is -2.58. The van der Waals surface area contributed by atoms with Gasteiger partial charge in [0, 0.05) is 29.0 Å². The van der Waals surface area contributed by atoms with E-state index in [-0.39, 0.29) is 35.4 Å². The topological polar surface area (TPSA) is 85.0 Å². The highest BCUT2D eigenvalue weighted by Crippen LogP contribution is 2.27. The monoisotopic (exact) mass is 358 g/mol. The van der Waals surface area contributed by atoms with E-state index in [2.05, 4.69) is 18.4 Å². The number of fused-ring (bicyclic) bond motifs is 2. The number of nitro groups is 1. The van der Waals surface area contributed by atoms with Crippen molar-refractivity contribution in [2.75, 3.05) is 13.2 Å². The molecule has 1 unspecified atom stereocenters. The first kappa shape index (κ1) is 15.9. The van der Waals surface area contributed by atoms with Crippen molar-refractivity contribution in [1.29, 1.82) is 0 Å². The van der Waals surface area contributed by atoms with Crippen molar-refractivity contribution in [3.05, 3.63) is 61.3 Å². The van der Waals surface area contributed by atoms with Gasteiger partial charge >= 0.3 is 0 Å². The smallest absolute Gasteiger partial charge is 0.270 e. The summed E-state index contributed by atoms with van der Waals surface area (Å²) in [6.07, 6.45) is 0.932. The second-order valence-corrected chi connectivity index (χ2v) is 7.36. The quantitative estimate of drug-likeness (QED) is 0.511. The lowest BCUT2D eigenvalue weighted by molar-refractivity contribution is -0.938. The van der Waals surface area contributed by atoms with Crippen LogP contribution in [0.25, 0.3) is 0 Å². The summed E-state index contributed by atoms with van der Waals surface area (Å²) < 4.78 is 0.